The summed E-state index contributed by atoms with van der Waals surface area (Å²) in [6.45, 7) is 0. The van der Waals surface area contributed by atoms with Crippen molar-refractivity contribution >= 4 is 11.9 Å². The van der Waals surface area contributed by atoms with Crippen molar-refractivity contribution in [2.75, 3.05) is 7.11 Å². The summed E-state index contributed by atoms with van der Waals surface area (Å²) in [4.78, 5) is 27.7. The van der Waals surface area contributed by atoms with Gasteiger partial charge in [0.2, 0.25) is 5.95 Å². The third kappa shape index (κ3) is 2.92. The molecule has 2 unspecified atom stereocenters. The number of nitrogens with one attached hydrogen (secondary N) is 1. The predicted octanol–water partition coefficient (Wildman–Crippen LogP) is 2.35. The zero-order chi connectivity index (χ0) is 16.4. The first-order chi connectivity index (χ1) is 11.1. The topological polar surface area (TPSA) is 68.3 Å². The summed E-state index contributed by atoms with van der Waals surface area (Å²) < 4.78 is 18.0. The van der Waals surface area contributed by atoms with Crippen molar-refractivity contribution in [3.63, 3.8) is 0 Å². The summed E-state index contributed by atoms with van der Waals surface area (Å²) in [5, 5.41) is 2.81. The van der Waals surface area contributed by atoms with Crippen LogP contribution in [-0.4, -0.2) is 24.0 Å². The Kier molecular flexibility index (Phi) is 4.06. The number of benzene rings is 1. The molecule has 1 aromatic heterocycles. The van der Waals surface area contributed by atoms with Crippen LogP contribution in [0.1, 0.15) is 40.0 Å². The van der Waals surface area contributed by atoms with Crippen molar-refractivity contribution in [1.82, 2.24) is 10.3 Å². The van der Waals surface area contributed by atoms with Gasteiger partial charge in [-0.1, -0.05) is 30.3 Å². The second kappa shape index (κ2) is 6.16. The molecule has 0 saturated carbocycles. The average molecular weight is 314 g/mol. The fourth-order valence-electron chi connectivity index (χ4n) is 2.90. The van der Waals surface area contributed by atoms with E-state index in [1.54, 1.807) is 0 Å². The molecule has 1 aliphatic rings. The van der Waals surface area contributed by atoms with Crippen molar-refractivity contribution in [2.24, 2.45) is 0 Å². The normalized spacial score (nSPS) is 19.0. The van der Waals surface area contributed by atoms with Crippen LogP contribution in [0.2, 0.25) is 0 Å². The number of pyridine rings is 1. The molecule has 23 heavy (non-hydrogen) atoms. The smallest absolute Gasteiger partial charge is 0.313 e. The second-order valence-corrected chi connectivity index (χ2v) is 5.31. The summed E-state index contributed by atoms with van der Waals surface area (Å²) in [6.07, 6.45) is 0.410. The van der Waals surface area contributed by atoms with Gasteiger partial charge in [0.25, 0.3) is 5.91 Å². The minimum atomic E-state index is -0.711. The van der Waals surface area contributed by atoms with E-state index >= 15 is 0 Å². The van der Waals surface area contributed by atoms with Crippen LogP contribution in [0.15, 0.2) is 42.5 Å². The van der Waals surface area contributed by atoms with Gasteiger partial charge < -0.3 is 10.1 Å². The van der Waals surface area contributed by atoms with Crippen LogP contribution in [0.4, 0.5) is 4.39 Å². The van der Waals surface area contributed by atoms with Gasteiger partial charge in [0.05, 0.1) is 19.1 Å². The van der Waals surface area contributed by atoms with Gasteiger partial charge in [0.1, 0.15) is 5.69 Å². The first-order valence-electron chi connectivity index (χ1n) is 7.20. The van der Waals surface area contributed by atoms with Crippen LogP contribution >= 0.6 is 0 Å². The van der Waals surface area contributed by atoms with E-state index < -0.39 is 17.8 Å². The first kappa shape index (κ1) is 15.1. The lowest BCUT2D eigenvalue weighted by molar-refractivity contribution is -0.142. The zero-order valence-corrected chi connectivity index (χ0v) is 12.5. The van der Waals surface area contributed by atoms with Gasteiger partial charge in [0, 0.05) is 0 Å². The number of carbonyl (C=O) groups excluding carboxylic acids is 2. The number of ether oxygens (including phenoxy) is 1. The van der Waals surface area contributed by atoms with Crippen LogP contribution < -0.4 is 5.32 Å². The van der Waals surface area contributed by atoms with Crippen LogP contribution in [0.5, 0.6) is 0 Å². The largest absolute Gasteiger partial charge is 0.469 e. The predicted molar refractivity (Wildman–Crippen MR) is 80.2 cm³/mol. The highest BCUT2D eigenvalue weighted by molar-refractivity contribution is 5.92. The molecule has 1 amide bonds. The van der Waals surface area contributed by atoms with E-state index in [-0.39, 0.29) is 17.7 Å². The molecule has 118 valence electrons. The van der Waals surface area contributed by atoms with Gasteiger partial charge in [-0.3, -0.25) is 9.59 Å². The van der Waals surface area contributed by atoms with Crippen LogP contribution in [0.25, 0.3) is 0 Å². The SMILES string of the molecule is COC(=O)C1CC(NC(=O)c2cccc(F)n2)c2ccccc21. The van der Waals surface area contributed by atoms with E-state index in [0.717, 1.165) is 11.1 Å². The number of amides is 1. The molecule has 6 heteroatoms. The Bertz CT molecular complexity index is 763. The molecule has 0 spiro atoms. The van der Waals surface area contributed by atoms with Gasteiger partial charge >= 0.3 is 5.97 Å². The Morgan fingerprint density at radius 3 is 2.61 bits per heavy atom. The Labute approximate surface area is 132 Å². The van der Waals surface area contributed by atoms with E-state index in [0.29, 0.717) is 6.42 Å². The van der Waals surface area contributed by atoms with Gasteiger partial charge in [-0.15, -0.1) is 0 Å². The van der Waals surface area contributed by atoms with Crippen molar-refractivity contribution in [1.29, 1.82) is 0 Å². The standard InChI is InChI=1S/C17H15FN2O3/c1-23-17(22)12-9-14(11-6-3-2-5-10(11)12)20-16(21)13-7-4-8-15(18)19-13/h2-8,12,14H,9H2,1H3,(H,20,21). The van der Waals surface area contributed by atoms with Gasteiger partial charge in [-0.2, -0.15) is 4.39 Å². The maximum atomic E-state index is 13.1. The maximum Gasteiger partial charge on any atom is 0.313 e. The highest BCUT2D eigenvalue weighted by atomic mass is 19.1. The number of carbonyl (C=O) groups is 2. The Balaban J connectivity index is 1.84. The summed E-state index contributed by atoms with van der Waals surface area (Å²) >= 11 is 0. The van der Waals surface area contributed by atoms with Crippen LogP contribution in [0.3, 0.4) is 0 Å². The van der Waals surface area contributed by atoms with E-state index in [1.807, 2.05) is 24.3 Å². The van der Waals surface area contributed by atoms with E-state index in [2.05, 4.69) is 10.3 Å². The van der Waals surface area contributed by atoms with Gasteiger partial charge in [-0.05, 0) is 29.7 Å². The van der Waals surface area contributed by atoms with Crippen LogP contribution in [-0.2, 0) is 9.53 Å². The molecule has 1 aromatic carbocycles. The minimum Gasteiger partial charge on any atom is -0.469 e. The van der Waals surface area contributed by atoms with Crippen molar-refractivity contribution in [2.45, 2.75) is 18.4 Å². The van der Waals surface area contributed by atoms with Crippen molar-refractivity contribution in [3.05, 3.63) is 65.2 Å². The average Bonchev–Trinajstić information content (AvgIpc) is 2.93. The lowest BCUT2D eigenvalue weighted by Crippen LogP contribution is -2.28. The molecular formula is C17H15FN2O3. The molecule has 2 aromatic rings. The number of fused-ring (bicyclic) bond motifs is 1. The molecule has 0 fully saturated rings. The molecule has 5 nitrogen and oxygen atoms in total. The molecule has 0 bridgehead atoms. The maximum absolute atomic E-state index is 13.1. The summed E-state index contributed by atoms with van der Waals surface area (Å²) in [6, 6.07) is 11.1. The molecular weight excluding hydrogens is 299 g/mol. The lowest BCUT2D eigenvalue weighted by Gasteiger charge is -2.14. The number of aromatic nitrogens is 1. The molecule has 1 N–H and O–H groups in total. The fraction of sp³-hybridized carbons (Fsp3) is 0.235. The summed E-state index contributed by atoms with van der Waals surface area (Å²) in [5.41, 5.74) is 1.72. The second-order valence-electron chi connectivity index (χ2n) is 5.31. The molecule has 3 rings (SSSR count). The monoisotopic (exact) mass is 314 g/mol. The number of methoxy groups -OCH3 is 1. The Morgan fingerprint density at radius 1 is 1.17 bits per heavy atom. The summed E-state index contributed by atoms with van der Waals surface area (Å²) in [7, 11) is 1.34. The fourth-order valence-corrected chi connectivity index (χ4v) is 2.90. The van der Waals surface area contributed by atoms with Crippen molar-refractivity contribution in [3.8, 4) is 0 Å². The third-order valence-electron chi connectivity index (χ3n) is 3.96. The minimum absolute atomic E-state index is 0.00370. The van der Waals surface area contributed by atoms with Crippen LogP contribution in [0, 0.1) is 5.95 Å². The number of rotatable bonds is 3. The highest BCUT2D eigenvalue weighted by Crippen LogP contribution is 2.40. The van der Waals surface area contributed by atoms with E-state index in [9.17, 15) is 14.0 Å². The molecule has 0 aliphatic heterocycles. The number of halogens is 1. The molecule has 2 atom stereocenters. The van der Waals surface area contributed by atoms with Gasteiger partial charge in [-0.25, -0.2) is 4.98 Å². The third-order valence-corrected chi connectivity index (χ3v) is 3.96. The number of hydrogen-bond donors (Lipinski definition) is 1. The Hall–Kier alpha value is -2.76. The molecule has 1 heterocycles. The zero-order valence-electron chi connectivity index (χ0n) is 12.5. The number of esters is 1. The first-order valence-corrected chi connectivity index (χ1v) is 7.20. The number of hydrogen-bond acceptors (Lipinski definition) is 4. The number of nitrogens with zero attached hydrogens (tertiary/aromatic N) is 1. The quantitative estimate of drug-likeness (QED) is 0.697. The highest BCUT2D eigenvalue weighted by Gasteiger charge is 2.36. The lowest BCUT2D eigenvalue weighted by atomic mass is 10.0. The summed E-state index contributed by atoms with van der Waals surface area (Å²) in [5.74, 6) is -1.94. The van der Waals surface area contributed by atoms with Gasteiger partial charge in [0.15, 0.2) is 0 Å². The molecule has 1 aliphatic carbocycles. The van der Waals surface area contributed by atoms with Crippen molar-refractivity contribution < 1.29 is 18.7 Å². The molecule has 0 saturated heterocycles. The molecule has 0 radical (unpaired) electrons. The van der Waals surface area contributed by atoms with E-state index in [1.165, 1.54) is 25.3 Å². The Morgan fingerprint density at radius 2 is 1.91 bits per heavy atom. The van der Waals surface area contributed by atoms with E-state index in [4.69, 9.17) is 4.74 Å².